The lowest BCUT2D eigenvalue weighted by molar-refractivity contribution is 0.294. The summed E-state index contributed by atoms with van der Waals surface area (Å²) in [6.07, 6.45) is 3.90. The maximum Gasteiger partial charge on any atom is 0.129 e. The van der Waals surface area contributed by atoms with Gasteiger partial charge in [-0.3, -0.25) is 0 Å². The highest BCUT2D eigenvalue weighted by Crippen LogP contribution is 2.38. The monoisotopic (exact) mass is 351 g/mol. The second-order valence-corrected chi connectivity index (χ2v) is 8.16. The number of rotatable bonds is 6. The summed E-state index contributed by atoms with van der Waals surface area (Å²) in [7, 11) is 0. The van der Waals surface area contributed by atoms with Gasteiger partial charge in [-0.15, -0.1) is 0 Å². The third-order valence-electron chi connectivity index (χ3n) is 5.24. The molecule has 1 aliphatic heterocycles. The number of ether oxygens (including phenoxy) is 1. The zero-order chi connectivity index (χ0) is 18.1. The van der Waals surface area contributed by atoms with Crippen LogP contribution in [0.5, 0.6) is 5.75 Å². The standard InChI is InChI=1S/C22H29N3O/c1-15(2)13-25-11-10-17(14-25)16-6-9-19(20-4-3-5-22(23)24-20)21(12-16)26-18-7-8-18/h3-6,9,12,15,17-18H,7-8,10-11,13-14H2,1-2H3,(H2,23,24). The summed E-state index contributed by atoms with van der Waals surface area (Å²) in [5.41, 5.74) is 9.21. The molecule has 4 nitrogen and oxygen atoms in total. The number of benzene rings is 1. The molecule has 2 heterocycles. The first-order chi connectivity index (χ1) is 12.6. The second-order valence-electron chi connectivity index (χ2n) is 8.16. The molecule has 2 N–H and O–H groups in total. The Bertz CT molecular complexity index is 770. The van der Waals surface area contributed by atoms with E-state index in [2.05, 4.69) is 41.9 Å². The van der Waals surface area contributed by atoms with E-state index in [9.17, 15) is 0 Å². The Balaban J connectivity index is 1.59. The van der Waals surface area contributed by atoms with Crippen molar-refractivity contribution in [2.24, 2.45) is 5.92 Å². The molecule has 1 saturated carbocycles. The molecule has 4 heteroatoms. The highest BCUT2D eigenvalue weighted by molar-refractivity contribution is 5.69. The van der Waals surface area contributed by atoms with E-state index in [1.54, 1.807) is 0 Å². The highest BCUT2D eigenvalue weighted by Gasteiger charge is 2.28. The van der Waals surface area contributed by atoms with Crippen LogP contribution in [0.3, 0.4) is 0 Å². The van der Waals surface area contributed by atoms with Crippen LogP contribution >= 0.6 is 0 Å². The van der Waals surface area contributed by atoms with E-state index in [1.807, 2.05) is 18.2 Å². The number of nitrogens with zero attached hydrogens (tertiary/aromatic N) is 2. The molecule has 2 aliphatic rings. The molecule has 0 bridgehead atoms. The van der Waals surface area contributed by atoms with E-state index in [4.69, 9.17) is 10.5 Å². The number of nitrogen functional groups attached to an aromatic ring is 1. The molecule has 1 aromatic carbocycles. The van der Waals surface area contributed by atoms with Crippen LogP contribution in [0.15, 0.2) is 36.4 Å². The number of anilines is 1. The molecule has 2 aromatic rings. The van der Waals surface area contributed by atoms with Crippen molar-refractivity contribution in [3.8, 4) is 17.0 Å². The summed E-state index contributed by atoms with van der Waals surface area (Å²) >= 11 is 0. The largest absolute Gasteiger partial charge is 0.490 e. The van der Waals surface area contributed by atoms with Gasteiger partial charge in [-0.05, 0) is 67.5 Å². The Morgan fingerprint density at radius 3 is 2.77 bits per heavy atom. The summed E-state index contributed by atoms with van der Waals surface area (Å²) in [5.74, 6) is 2.83. The molecule has 1 aliphatic carbocycles. The molecule has 1 atom stereocenters. The van der Waals surface area contributed by atoms with Crippen molar-refractivity contribution in [2.45, 2.75) is 45.1 Å². The summed E-state index contributed by atoms with van der Waals surface area (Å²) in [6, 6.07) is 12.4. The van der Waals surface area contributed by atoms with Gasteiger partial charge in [0.05, 0.1) is 11.8 Å². The van der Waals surface area contributed by atoms with Crippen LogP contribution in [-0.4, -0.2) is 35.6 Å². The van der Waals surface area contributed by atoms with Crippen LogP contribution in [-0.2, 0) is 0 Å². The van der Waals surface area contributed by atoms with Crippen molar-refractivity contribution in [3.05, 3.63) is 42.0 Å². The minimum atomic E-state index is 0.367. The average molecular weight is 351 g/mol. The van der Waals surface area contributed by atoms with Gasteiger partial charge in [0.15, 0.2) is 0 Å². The van der Waals surface area contributed by atoms with Gasteiger partial charge >= 0.3 is 0 Å². The highest BCUT2D eigenvalue weighted by atomic mass is 16.5. The Kier molecular flexibility index (Phi) is 4.86. The molecule has 0 radical (unpaired) electrons. The molecule has 2 fully saturated rings. The first kappa shape index (κ1) is 17.3. The lowest BCUT2D eigenvalue weighted by atomic mass is 9.96. The first-order valence-electron chi connectivity index (χ1n) is 9.84. The maximum absolute atomic E-state index is 6.25. The summed E-state index contributed by atoms with van der Waals surface area (Å²) in [5, 5.41) is 0. The van der Waals surface area contributed by atoms with E-state index in [-0.39, 0.29) is 0 Å². The number of pyridine rings is 1. The SMILES string of the molecule is CC(C)CN1CCC(c2ccc(-c3cccc(N)n3)c(OC3CC3)c2)C1. The number of hydrogen-bond acceptors (Lipinski definition) is 4. The van der Waals surface area contributed by atoms with Crippen LogP contribution in [0.1, 0.15) is 44.6 Å². The normalized spacial score (nSPS) is 20.7. The van der Waals surface area contributed by atoms with Crippen LogP contribution in [0.25, 0.3) is 11.3 Å². The number of hydrogen-bond donors (Lipinski definition) is 1. The molecule has 1 unspecified atom stereocenters. The fraction of sp³-hybridized carbons (Fsp3) is 0.500. The van der Waals surface area contributed by atoms with Crippen molar-refractivity contribution in [1.82, 2.24) is 9.88 Å². The smallest absolute Gasteiger partial charge is 0.129 e. The number of nitrogens with two attached hydrogens (primary N) is 1. The van der Waals surface area contributed by atoms with Crippen molar-refractivity contribution in [1.29, 1.82) is 0 Å². The number of aromatic nitrogens is 1. The molecule has 0 amide bonds. The van der Waals surface area contributed by atoms with E-state index in [1.165, 1.54) is 25.1 Å². The fourth-order valence-corrected chi connectivity index (χ4v) is 3.86. The minimum Gasteiger partial charge on any atom is -0.490 e. The van der Waals surface area contributed by atoms with E-state index < -0.39 is 0 Å². The minimum absolute atomic E-state index is 0.367. The van der Waals surface area contributed by atoms with Crippen molar-refractivity contribution in [2.75, 3.05) is 25.4 Å². The van der Waals surface area contributed by atoms with E-state index in [0.717, 1.165) is 42.3 Å². The average Bonchev–Trinajstić information content (AvgIpc) is 3.30. The maximum atomic E-state index is 6.25. The Hall–Kier alpha value is -2.07. The topological polar surface area (TPSA) is 51.4 Å². The van der Waals surface area contributed by atoms with Crippen LogP contribution < -0.4 is 10.5 Å². The Labute approximate surface area is 156 Å². The van der Waals surface area contributed by atoms with E-state index >= 15 is 0 Å². The van der Waals surface area contributed by atoms with Crippen LogP contribution in [0.2, 0.25) is 0 Å². The predicted molar refractivity (Wildman–Crippen MR) is 106 cm³/mol. The van der Waals surface area contributed by atoms with Crippen molar-refractivity contribution >= 4 is 5.82 Å². The van der Waals surface area contributed by atoms with Crippen LogP contribution in [0.4, 0.5) is 5.82 Å². The zero-order valence-electron chi connectivity index (χ0n) is 15.8. The first-order valence-corrected chi connectivity index (χ1v) is 9.84. The molecule has 138 valence electrons. The molecule has 4 rings (SSSR count). The van der Waals surface area contributed by atoms with Crippen LogP contribution in [0, 0.1) is 5.92 Å². The molecular weight excluding hydrogens is 322 g/mol. The predicted octanol–water partition coefficient (Wildman–Crippen LogP) is 4.32. The lowest BCUT2D eigenvalue weighted by Gasteiger charge is -2.19. The fourth-order valence-electron chi connectivity index (χ4n) is 3.86. The Morgan fingerprint density at radius 2 is 2.04 bits per heavy atom. The molecule has 26 heavy (non-hydrogen) atoms. The van der Waals surface area contributed by atoms with Crippen molar-refractivity contribution < 1.29 is 4.74 Å². The van der Waals surface area contributed by atoms with Crippen molar-refractivity contribution in [3.63, 3.8) is 0 Å². The van der Waals surface area contributed by atoms with Gasteiger partial charge < -0.3 is 15.4 Å². The number of likely N-dealkylation sites (tertiary alicyclic amines) is 1. The van der Waals surface area contributed by atoms with Gasteiger partial charge in [0.25, 0.3) is 0 Å². The third kappa shape index (κ3) is 4.01. The molecule has 0 spiro atoms. The summed E-state index contributed by atoms with van der Waals surface area (Å²) in [6.45, 7) is 8.12. The third-order valence-corrected chi connectivity index (χ3v) is 5.24. The van der Waals surface area contributed by atoms with Gasteiger partial charge in [0.1, 0.15) is 11.6 Å². The molecule has 1 saturated heterocycles. The summed E-state index contributed by atoms with van der Waals surface area (Å²) in [4.78, 5) is 7.08. The van der Waals surface area contributed by atoms with E-state index in [0.29, 0.717) is 17.8 Å². The van der Waals surface area contributed by atoms with Gasteiger partial charge in [-0.25, -0.2) is 4.98 Å². The Morgan fingerprint density at radius 1 is 1.19 bits per heavy atom. The second kappa shape index (κ2) is 7.28. The zero-order valence-corrected chi connectivity index (χ0v) is 15.8. The molecular formula is C22H29N3O. The quantitative estimate of drug-likeness (QED) is 0.842. The molecule has 1 aromatic heterocycles. The van der Waals surface area contributed by atoms with Gasteiger partial charge in [-0.2, -0.15) is 0 Å². The van der Waals surface area contributed by atoms with Gasteiger partial charge in [0, 0.05) is 18.7 Å². The van der Waals surface area contributed by atoms with Gasteiger partial charge in [0.2, 0.25) is 0 Å². The summed E-state index contributed by atoms with van der Waals surface area (Å²) < 4.78 is 6.25. The lowest BCUT2D eigenvalue weighted by Crippen LogP contribution is -2.24. The van der Waals surface area contributed by atoms with Gasteiger partial charge in [-0.1, -0.05) is 26.0 Å².